The van der Waals surface area contributed by atoms with E-state index in [9.17, 15) is 4.39 Å². The van der Waals surface area contributed by atoms with Crippen molar-refractivity contribution in [3.63, 3.8) is 0 Å². The van der Waals surface area contributed by atoms with Gasteiger partial charge in [0.15, 0.2) is 0 Å². The highest BCUT2D eigenvalue weighted by atomic mass is 19.1. The Kier molecular flexibility index (Phi) is 6.20. The fourth-order valence-corrected chi connectivity index (χ4v) is 1.83. The van der Waals surface area contributed by atoms with E-state index in [1.807, 2.05) is 12.1 Å². The second-order valence-electron chi connectivity index (χ2n) is 5.17. The summed E-state index contributed by atoms with van der Waals surface area (Å²) in [6.45, 7) is 7.71. The van der Waals surface area contributed by atoms with Crippen molar-refractivity contribution in [3.05, 3.63) is 35.6 Å². The molecule has 2 heteroatoms. The Bertz CT molecular complexity index is 305. The van der Waals surface area contributed by atoms with Gasteiger partial charge in [-0.15, -0.1) is 0 Å². The van der Waals surface area contributed by atoms with Crippen molar-refractivity contribution in [2.45, 2.75) is 46.1 Å². The molecule has 0 heterocycles. The summed E-state index contributed by atoms with van der Waals surface area (Å²) in [6.07, 6.45) is 3.42. The first-order valence-corrected chi connectivity index (χ1v) is 6.55. The molecule has 0 amide bonds. The number of halogens is 1. The van der Waals surface area contributed by atoms with Crippen molar-refractivity contribution >= 4 is 0 Å². The molecule has 1 N–H and O–H groups in total. The van der Waals surface area contributed by atoms with Gasteiger partial charge < -0.3 is 5.32 Å². The topological polar surface area (TPSA) is 12.0 Å². The highest BCUT2D eigenvalue weighted by molar-refractivity contribution is 5.16. The Morgan fingerprint density at radius 3 is 2.29 bits per heavy atom. The van der Waals surface area contributed by atoms with Crippen LogP contribution in [0, 0.1) is 11.7 Å². The fraction of sp³-hybridized carbons (Fsp3) is 0.600. The summed E-state index contributed by atoms with van der Waals surface area (Å²) < 4.78 is 12.7. The molecular formula is C15H24FN. The van der Waals surface area contributed by atoms with Crippen molar-refractivity contribution in [2.24, 2.45) is 5.92 Å². The molecule has 0 aliphatic rings. The summed E-state index contributed by atoms with van der Waals surface area (Å²) in [4.78, 5) is 0. The number of aryl methyl sites for hydroxylation is 1. The molecule has 0 aliphatic heterocycles. The minimum atomic E-state index is -0.150. The summed E-state index contributed by atoms with van der Waals surface area (Å²) in [5.74, 6) is 0.564. The number of rotatable bonds is 7. The molecule has 0 bridgehead atoms. The molecule has 1 unspecified atom stereocenters. The molecule has 0 radical (unpaired) electrons. The normalized spacial score (nSPS) is 13.0. The zero-order chi connectivity index (χ0) is 12.7. The molecule has 0 fully saturated rings. The molecule has 1 rings (SSSR count). The zero-order valence-corrected chi connectivity index (χ0v) is 11.2. The summed E-state index contributed by atoms with van der Waals surface area (Å²) in [5, 5.41) is 3.43. The number of benzene rings is 1. The van der Waals surface area contributed by atoms with Crippen LogP contribution < -0.4 is 5.32 Å². The number of hydrogen-bond acceptors (Lipinski definition) is 1. The number of nitrogens with one attached hydrogen (secondary N) is 1. The van der Waals surface area contributed by atoms with Crippen LogP contribution in [0.25, 0.3) is 0 Å². The lowest BCUT2D eigenvalue weighted by molar-refractivity contribution is 0.454. The van der Waals surface area contributed by atoms with E-state index in [-0.39, 0.29) is 5.82 Å². The summed E-state index contributed by atoms with van der Waals surface area (Å²) in [7, 11) is 0. The van der Waals surface area contributed by atoms with E-state index < -0.39 is 0 Å². The van der Waals surface area contributed by atoms with Gasteiger partial charge in [-0.3, -0.25) is 0 Å². The molecule has 96 valence electrons. The standard InChI is InChI=1S/C15H24FN/c1-12(2)17-11-10-13(3)4-5-14-6-8-15(16)9-7-14/h6-9,12-13,17H,4-5,10-11H2,1-3H3. The van der Waals surface area contributed by atoms with Crippen LogP contribution in [0.5, 0.6) is 0 Å². The molecule has 0 spiro atoms. The third kappa shape index (κ3) is 6.42. The molecule has 1 aromatic carbocycles. The van der Waals surface area contributed by atoms with E-state index >= 15 is 0 Å². The fourth-order valence-electron chi connectivity index (χ4n) is 1.83. The SMILES string of the molecule is CC(CCNC(C)C)CCc1ccc(F)cc1. The average molecular weight is 237 g/mol. The Labute approximate surface area is 104 Å². The second kappa shape index (κ2) is 7.44. The van der Waals surface area contributed by atoms with E-state index in [0.29, 0.717) is 12.0 Å². The van der Waals surface area contributed by atoms with Crippen LogP contribution in [0.15, 0.2) is 24.3 Å². The maximum atomic E-state index is 12.7. The molecule has 17 heavy (non-hydrogen) atoms. The van der Waals surface area contributed by atoms with Crippen LogP contribution in [0.4, 0.5) is 4.39 Å². The van der Waals surface area contributed by atoms with E-state index in [4.69, 9.17) is 0 Å². The molecule has 0 saturated heterocycles. The van der Waals surface area contributed by atoms with Gasteiger partial charge in [0.2, 0.25) is 0 Å². The van der Waals surface area contributed by atoms with Crippen LogP contribution in [0.1, 0.15) is 39.2 Å². The lowest BCUT2D eigenvalue weighted by atomic mass is 9.98. The van der Waals surface area contributed by atoms with Crippen LogP contribution in [0.3, 0.4) is 0 Å². The van der Waals surface area contributed by atoms with Crippen molar-refractivity contribution < 1.29 is 4.39 Å². The van der Waals surface area contributed by atoms with Crippen LogP contribution in [-0.2, 0) is 6.42 Å². The average Bonchev–Trinajstić information content (AvgIpc) is 2.28. The summed E-state index contributed by atoms with van der Waals surface area (Å²) in [6, 6.07) is 7.42. The van der Waals surface area contributed by atoms with Crippen molar-refractivity contribution in [2.75, 3.05) is 6.54 Å². The van der Waals surface area contributed by atoms with Gasteiger partial charge in [0, 0.05) is 6.04 Å². The summed E-state index contributed by atoms with van der Waals surface area (Å²) in [5.41, 5.74) is 1.23. The van der Waals surface area contributed by atoms with Gasteiger partial charge in [-0.25, -0.2) is 4.39 Å². The van der Waals surface area contributed by atoms with E-state index in [2.05, 4.69) is 26.1 Å². The van der Waals surface area contributed by atoms with Gasteiger partial charge in [-0.2, -0.15) is 0 Å². The van der Waals surface area contributed by atoms with Gasteiger partial charge in [0.25, 0.3) is 0 Å². The minimum Gasteiger partial charge on any atom is -0.315 e. The van der Waals surface area contributed by atoms with E-state index in [1.54, 1.807) is 12.1 Å². The third-order valence-corrected chi connectivity index (χ3v) is 3.03. The Balaban J connectivity index is 2.19. The second-order valence-corrected chi connectivity index (χ2v) is 5.17. The molecule has 1 atom stereocenters. The molecule has 1 aromatic rings. The van der Waals surface area contributed by atoms with Crippen LogP contribution >= 0.6 is 0 Å². The molecule has 0 aromatic heterocycles. The van der Waals surface area contributed by atoms with Gasteiger partial charge in [-0.1, -0.05) is 32.9 Å². The van der Waals surface area contributed by atoms with Crippen LogP contribution in [-0.4, -0.2) is 12.6 Å². The van der Waals surface area contributed by atoms with Gasteiger partial charge in [0.05, 0.1) is 0 Å². The molecular weight excluding hydrogens is 213 g/mol. The van der Waals surface area contributed by atoms with Crippen molar-refractivity contribution in [1.82, 2.24) is 5.32 Å². The molecule has 0 aliphatic carbocycles. The monoisotopic (exact) mass is 237 g/mol. The van der Waals surface area contributed by atoms with Gasteiger partial charge in [-0.05, 0) is 49.4 Å². The van der Waals surface area contributed by atoms with Gasteiger partial charge >= 0.3 is 0 Å². The van der Waals surface area contributed by atoms with Crippen LogP contribution in [0.2, 0.25) is 0 Å². The van der Waals surface area contributed by atoms with Crippen molar-refractivity contribution in [1.29, 1.82) is 0 Å². The first kappa shape index (κ1) is 14.2. The third-order valence-electron chi connectivity index (χ3n) is 3.03. The lowest BCUT2D eigenvalue weighted by Gasteiger charge is -2.13. The highest BCUT2D eigenvalue weighted by Crippen LogP contribution is 2.12. The number of hydrogen-bond donors (Lipinski definition) is 1. The minimum absolute atomic E-state index is 0.150. The Hall–Kier alpha value is -0.890. The van der Waals surface area contributed by atoms with Gasteiger partial charge in [0.1, 0.15) is 5.82 Å². The summed E-state index contributed by atoms with van der Waals surface area (Å²) >= 11 is 0. The maximum absolute atomic E-state index is 12.7. The smallest absolute Gasteiger partial charge is 0.123 e. The first-order chi connectivity index (χ1) is 8.08. The lowest BCUT2D eigenvalue weighted by Crippen LogP contribution is -2.24. The van der Waals surface area contributed by atoms with Crippen molar-refractivity contribution in [3.8, 4) is 0 Å². The first-order valence-electron chi connectivity index (χ1n) is 6.55. The zero-order valence-electron chi connectivity index (χ0n) is 11.2. The predicted molar refractivity (Wildman–Crippen MR) is 71.6 cm³/mol. The molecule has 1 nitrogen and oxygen atoms in total. The Morgan fingerprint density at radius 1 is 1.06 bits per heavy atom. The maximum Gasteiger partial charge on any atom is 0.123 e. The Morgan fingerprint density at radius 2 is 1.71 bits per heavy atom. The largest absolute Gasteiger partial charge is 0.315 e. The predicted octanol–water partition coefficient (Wildman–Crippen LogP) is 3.78. The van der Waals surface area contributed by atoms with E-state index in [0.717, 1.165) is 13.0 Å². The molecule has 0 saturated carbocycles. The highest BCUT2D eigenvalue weighted by Gasteiger charge is 2.03. The van der Waals surface area contributed by atoms with E-state index in [1.165, 1.54) is 18.4 Å². The quantitative estimate of drug-likeness (QED) is 0.761.